The van der Waals surface area contributed by atoms with Crippen molar-refractivity contribution in [2.24, 2.45) is 0 Å². The largest absolute Gasteiger partial charge is 0.489 e. The van der Waals surface area contributed by atoms with E-state index < -0.39 is 5.82 Å². The molecule has 192 valence electrons. The molecular formula is C28H29FN4O4. The highest BCUT2D eigenvalue weighted by atomic mass is 19.1. The van der Waals surface area contributed by atoms with Crippen molar-refractivity contribution in [1.29, 1.82) is 0 Å². The molecular weight excluding hydrogens is 475 g/mol. The summed E-state index contributed by atoms with van der Waals surface area (Å²) in [4.78, 5) is 17.9. The van der Waals surface area contributed by atoms with Crippen molar-refractivity contribution < 1.29 is 23.4 Å². The molecule has 1 N–H and O–H groups in total. The SMILES string of the molecule is COCNC(=O)c1cc(-c2ccc(OCc3ccccc3)cc2F)nc2c1c(C)nn2C1CCCCO1. The van der Waals surface area contributed by atoms with E-state index >= 15 is 4.39 Å². The van der Waals surface area contributed by atoms with Crippen LogP contribution in [0.1, 0.15) is 47.1 Å². The molecule has 37 heavy (non-hydrogen) atoms. The first-order valence-electron chi connectivity index (χ1n) is 12.3. The number of rotatable bonds is 8. The number of methoxy groups -OCH3 is 1. The van der Waals surface area contributed by atoms with Crippen molar-refractivity contribution >= 4 is 16.9 Å². The third kappa shape index (κ3) is 5.33. The van der Waals surface area contributed by atoms with E-state index in [0.717, 1.165) is 24.8 Å². The number of fused-ring (bicyclic) bond motifs is 1. The minimum absolute atomic E-state index is 0.0404. The molecule has 8 nitrogen and oxygen atoms in total. The lowest BCUT2D eigenvalue weighted by Gasteiger charge is -2.23. The van der Waals surface area contributed by atoms with Gasteiger partial charge in [-0.2, -0.15) is 5.10 Å². The second-order valence-electron chi connectivity index (χ2n) is 8.96. The topological polar surface area (TPSA) is 87.5 Å². The van der Waals surface area contributed by atoms with E-state index in [2.05, 4.69) is 10.4 Å². The van der Waals surface area contributed by atoms with E-state index in [0.29, 0.717) is 46.9 Å². The molecule has 9 heteroatoms. The van der Waals surface area contributed by atoms with Gasteiger partial charge >= 0.3 is 0 Å². The van der Waals surface area contributed by atoms with E-state index in [1.165, 1.54) is 13.2 Å². The molecule has 1 fully saturated rings. The van der Waals surface area contributed by atoms with E-state index in [4.69, 9.17) is 19.2 Å². The minimum Gasteiger partial charge on any atom is -0.489 e. The molecule has 2 aromatic carbocycles. The highest BCUT2D eigenvalue weighted by Crippen LogP contribution is 2.33. The third-order valence-electron chi connectivity index (χ3n) is 6.35. The first-order valence-corrected chi connectivity index (χ1v) is 12.3. The predicted octanol–water partition coefficient (Wildman–Crippen LogP) is 5.16. The normalized spacial score (nSPS) is 15.6. The Bertz CT molecular complexity index is 1400. The zero-order chi connectivity index (χ0) is 25.8. The number of pyridine rings is 1. The van der Waals surface area contributed by atoms with Gasteiger partial charge in [-0.15, -0.1) is 0 Å². The number of hydrogen-bond acceptors (Lipinski definition) is 6. The number of hydrogen-bond donors (Lipinski definition) is 1. The molecule has 1 aliphatic heterocycles. The maximum Gasteiger partial charge on any atom is 0.253 e. The predicted molar refractivity (Wildman–Crippen MR) is 137 cm³/mol. The van der Waals surface area contributed by atoms with Crippen molar-refractivity contribution in [3.63, 3.8) is 0 Å². The number of amides is 1. The molecule has 5 rings (SSSR count). The van der Waals surface area contributed by atoms with E-state index in [-0.39, 0.29) is 24.4 Å². The molecule has 3 heterocycles. The zero-order valence-electron chi connectivity index (χ0n) is 20.9. The van der Waals surface area contributed by atoms with Crippen LogP contribution in [0.3, 0.4) is 0 Å². The Morgan fingerprint density at radius 1 is 1.19 bits per heavy atom. The van der Waals surface area contributed by atoms with Crippen LogP contribution in [0.2, 0.25) is 0 Å². The van der Waals surface area contributed by atoms with Crippen molar-refractivity contribution in [3.05, 3.63) is 77.2 Å². The standard InChI is InChI=1S/C28H29FN4O4/c1-18-26-22(28(34)30-17-35-2)15-24(31-27(26)33(32-18)25-10-6-7-13-36-25)21-12-11-20(14-23(21)29)37-16-19-8-4-3-5-9-19/h3-5,8-9,11-12,14-15,25H,6-7,10,13,16-17H2,1-2H3,(H,30,34). The zero-order valence-corrected chi connectivity index (χ0v) is 20.9. The Kier molecular flexibility index (Phi) is 7.43. The van der Waals surface area contributed by atoms with Gasteiger partial charge in [0.1, 0.15) is 24.9 Å². The molecule has 0 aliphatic carbocycles. The molecule has 0 spiro atoms. The summed E-state index contributed by atoms with van der Waals surface area (Å²) in [6, 6.07) is 15.9. The Morgan fingerprint density at radius 2 is 2.03 bits per heavy atom. The maximum absolute atomic E-state index is 15.4. The molecule has 1 atom stereocenters. The number of benzene rings is 2. The summed E-state index contributed by atoms with van der Waals surface area (Å²) in [5.41, 5.74) is 3.04. The van der Waals surface area contributed by atoms with Gasteiger partial charge in [-0.3, -0.25) is 4.79 Å². The molecule has 0 radical (unpaired) electrons. The number of carbonyl (C=O) groups is 1. The van der Waals surface area contributed by atoms with Crippen molar-refractivity contribution in [2.75, 3.05) is 20.4 Å². The lowest BCUT2D eigenvalue weighted by atomic mass is 10.0. The molecule has 0 saturated carbocycles. The number of aryl methyl sites for hydroxylation is 1. The van der Waals surface area contributed by atoms with Crippen LogP contribution >= 0.6 is 0 Å². The number of ether oxygens (including phenoxy) is 3. The lowest BCUT2D eigenvalue weighted by Crippen LogP contribution is -2.26. The Balaban J connectivity index is 1.54. The van der Waals surface area contributed by atoms with Gasteiger partial charge < -0.3 is 19.5 Å². The van der Waals surface area contributed by atoms with Crippen molar-refractivity contribution in [2.45, 2.75) is 39.0 Å². The number of nitrogens with zero attached hydrogens (tertiary/aromatic N) is 3. The summed E-state index contributed by atoms with van der Waals surface area (Å²) in [5.74, 6) is -0.455. The van der Waals surface area contributed by atoms with Crippen LogP contribution in [0, 0.1) is 12.7 Å². The van der Waals surface area contributed by atoms with Gasteiger partial charge in [-0.1, -0.05) is 30.3 Å². The summed E-state index contributed by atoms with van der Waals surface area (Å²) < 4.78 is 33.8. The Hall–Kier alpha value is -3.82. The molecule has 1 unspecified atom stereocenters. The molecule has 0 bridgehead atoms. The van der Waals surface area contributed by atoms with Crippen LogP contribution in [0.25, 0.3) is 22.3 Å². The first kappa shape index (κ1) is 24.9. The fourth-order valence-electron chi connectivity index (χ4n) is 4.51. The fraction of sp³-hybridized carbons (Fsp3) is 0.321. The van der Waals surface area contributed by atoms with Crippen LogP contribution in [0.4, 0.5) is 4.39 Å². The van der Waals surface area contributed by atoms with Crippen LogP contribution < -0.4 is 10.1 Å². The van der Waals surface area contributed by atoms with Crippen LogP contribution in [0.15, 0.2) is 54.6 Å². The average molecular weight is 505 g/mol. The summed E-state index contributed by atoms with van der Waals surface area (Å²) in [7, 11) is 1.49. The quantitative estimate of drug-likeness (QED) is 0.334. The smallest absolute Gasteiger partial charge is 0.253 e. The minimum atomic E-state index is -0.502. The fourth-order valence-corrected chi connectivity index (χ4v) is 4.51. The average Bonchev–Trinajstić information content (AvgIpc) is 3.27. The molecule has 1 saturated heterocycles. The van der Waals surface area contributed by atoms with Gasteiger partial charge in [0.25, 0.3) is 5.91 Å². The van der Waals surface area contributed by atoms with Gasteiger partial charge in [0.05, 0.1) is 22.3 Å². The Morgan fingerprint density at radius 3 is 2.76 bits per heavy atom. The van der Waals surface area contributed by atoms with Crippen LogP contribution in [-0.4, -0.2) is 41.1 Å². The molecule has 2 aromatic heterocycles. The highest BCUT2D eigenvalue weighted by Gasteiger charge is 2.25. The number of halogens is 1. The number of aromatic nitrogens is 3. The van der Waals surface area contributed by atoms with Crippen LogP contribution in [0.5, 0.6) is 5.75 Å². The van der Waals surface area contributed by atoms with Gasteiger partial charge in [0.15, 0.2) is 11.9 Å². The van der Waals surface area contributed by atoms with E-state index in [9.17, 15) is 4.79 Å². The molecule has 4 aromatic rings. The number of nitrogens with one attached hydrogen (secondary N) is 1. The number of carbonyl (C=O) groups excluding carboxylic acids is 1. The molecule has 1 amide bonds. The highest BCUT2D eigenvalue weighted by molar-refractivity contribution is 6.07. The maximum atomic E-state index is 15.4. The summed E-state index contributed by atoms with van der Waals surface area (Å²) in [6.45, 7) is 2.83. The van der Waals surface area contributed by atoms with Crippen molar-refractivity contribution in [3.8, 4) is 17.0 Å². The second-order valence-corrected chi connectivity index (χ2v) is 8.96. The second kappa shape index (κ2) is 11.1. The van der Waals surface area contributed by atoms with Gasteiger partial charge in [-0.05, 0) is 49.9 Å². The van der Waals surface area contributed by atoms with Gasteiger partial charge in [0.2, 0.25) is 0 Å². The van der Waals surface area contributed by atoms with Gasteiger partial charge in [-0.25, -0.2) is 14.1 Å². The van der Waals surface area contributed by atoms with Crippen molar-refractivity contribution in [1.82, 2.24) is 20.1 Å². The summed E-state index contributed by atoms with van der Waals surface area (Å²) in [5, 5.41) is 7.99. The molecule has 1 aliphatic rings. The lowest BCUT2D eigenvalue weighted by molar-refractivity contribution is -0.0371. The summed E-state index contributed by atoms with van der Waals surface area (Å²) >= 11 is 0. The van der Waals surface area contributed by atoms with Crippen LogP contribution in [-0.2, 0) is 16.1 Å². The van der Waals surface area contributed by atoms with E-state index in [1.807, 2.05) is 37.3 Å². The Labute approximate surface area is 214 Å². The monoisotopic (exact) mass is 504 g/mol. The third-order valence-corrected chi connectivity index (χ3v) is 6.35. The van der Waals surface area contributed by atoms with E-state index in [1.54, 1.807) is 22.9 Å². The first-order chi connectivity index (χ1) is 18.0. The summed E-state index contributed by atoms with van der Waals surface area (Å²) in [6.07, 6.45) is 2.49. The van der Waals surface area contributed by atoms with Gasteiger partial charge in [0, 0.05) is 25.3 Å².